The molecule has 1 heterocycles. The molecule has 4 nitrogen and oxygen atoms in total. The summed E-state index contributed by atoms with van der Waals surface area (Å²) in [4.78, 5) is 16.0. The average Bonchev–Trinajstić information content (AvgIpc) is 2.84. The summed E-state index contributed by atoms with van der Waals surface area (Å²) in [7, 11) is 0. The number of amides is 1. The van der Waals surface area contributed by atoms with Crippen LogP contribution in [-0.4, -0.2) is 23.0 Å². The number of nitrogens with one attached hydrogen (secondary N) is 1. The van der Waals surface area contributed by atoms with Crippen LogP contribution in [0.25, 0.3) is 0 Å². The van der Waals surface area contributed by atoms with Gasteiger partial charge in [-0.25, -0.2) is 4.98 Å². The Morgan fingerprint density at radius 3 is 2.94 bits per heavy atom. The van der Waals surface area contributed by atoms with Gasteiger partial charge in [0.15, 0.2) is 11.9 Å². The highest BCUT2D eigenvalue weighted by atomic mass is 79.9. The van der Waals surface area contributed by atoms with Gasteiger partial charge in [0.25, 0.3) is 5.91 Å². The molecule has 0 spiro atoms. The quantitative estimate of drug-likeness (QED) is 0.870. The zero-order valence-corrected chi connectivity index (χ0v) is 11.9. The van der Waals surface area contributed by atoms with Gasteiger partial charge in [0, 0.05) is 12.2 Å². The number of carbonyl (C=O) groups is 1. The lowest BCUT2D eigenvalue weighted by molar-refractivity contribution is -0.128. The summed E-state index contributed by atoms with van der Waals surface area (Å²) in [6.45, 7) is 1.75. The third-order valence-corrected chi connectivity index (χ3v) is 3.69. The monoisotopic (exact) mass is 312 g/mol. The standard InChI is InChI=1S/C13H17BrN2O2/c1-9(13(17)16-10-5-2-3-6-10)18-11-7-4-8-15-12(11)14/h4,7-10H,2-3,5-6H2,1H3,(H,16,17). The molecule has 1 aromatic rings. The number of hydrogen-bond donors (Lipinski definition) is 1. The minimum atomic E-state index is -0.508. The first kappa shape index (κ1) is 13.3. The van der Waals surface area contributed by atoms with Crippen molar-refractivity contribution in [1.82, 2.24) is 10.3 Å². The van der Waals surface area contributed by atoms with Gasteiger partial charge in [-0.05, 0) is 47.8 Å². The van der Waals surface area contributed by atoms with Crippen LogP contribution >= 0.6 is 15.9 Å². The molecule has 1 aromatic heterocycles. The van der Waals surface area contributed by atoms with Gasteiger partial charge in [-0.15, -0.1) is 0 Å². The number of aromatic nitrogens is 1. The number of nitrogens with zero attached hydrogens (tertiary/aromatic N) is 1. The molecule has 0 bridgehead atoms. The van der Waals surface area contributed by atoms with Crippen LogP contribution in [0, 0.1) is 0 Å². The van der Waals surface area contributed by atoms with Crippen molar-refractivity contribution in [3.8, 4) is 5.75 Å². The fourth-order valence-electron chi connectivity index (χ4n) is 2.09. The van der Waals surface area contributed by atoms with Gasteiger partial charge in [-0.2, -0.15) is 0 Å². The second-order valence-electron chi connectivity index (χ2n) is 4.54. The van der Waals surface area contributed by atoms with Crippen LogP contribution in [0.3, 0.4) is 0 Å². The van der Waals surface area contributed by atoms with Gasteiger partial charge in [-0.3, -0.25) is 4.79 Å². The summed E-state index contributed by atoms with van der Waals surface area (Å²) in [5.41, 5.74) is 0. The highest BCUT2D eigenvalue weighted by molar-refractivity contribution is 9.10. The van der Waals surface area contributed by atoms with Gasteiger partial charge in [0.1, 0.15) is 4.60 Å². The predicted octanol–water partition coefficient (Wildman–Crippen LogP) is 2.67. The normalized spacial score (nSPS) is 17.4. The van der Waals surface area contributed by atoms with Crippen molar-refractivity contribution >= 4 is 21.8 Å². The second-order valence-corrected chi connectivity index (χ2v) is 5.29. The fraction of sp³-hybridized carbons (Fsp3) is 0.538. The zero-order chi connectivity index (χ0) is 13.0. The van der Waals surface area contributed by atoms with Crippen molar-refractivity contribution in [1.29, 1.82) is 0 Å². The Morgan fingerprint density at radius 1 is 1.56 bits per heavy atom. The molecule has 1 aliphatic carbocycles. The summed E-state index contributed by atoms with van der Waals surface area (Å²) in [5, 5.41) is 3.02. The second kappa shape index (κ2) is 6.18. The van der Waals surface area contributed by atoms with E-state index in [0.29, 0.717) is 16.4 Å². The van der Waals surface area contributed by atoms with Gasteiger partial charge in [0.05, 0.1) is 0 Å². The number of hydrogen-bond acceptors (Lipinski definition) is 3. The number of halogens is 1. The fourth-order valence-corrected chi connectivity index (χ4v) is 2.44. The highest BCUT2D eigenvalue weighted by Gasteiger charge is 2.22. The van der Waals surface area contributed by atoms with E-state index in [1.165, 1.54) is 12.8 Å². The lowest BCUT2D eigenvalue weighted by Crippen LogP contribution is -2.41. The molecule has 1 unspecified atom stereocenters. The van der Waals surface area contributed by atoms with Crippen molar-refractivity contribution in [3.63, 3.8) is 0 Å². The molecule has 1 atom stereocenters. The van der Waals surface area contributed by atoms with Crippen LogP contribution in [-0.2, 0) is 4.79 Å². The highest BCUT2D eigenvalue weighted by Crippen LogP contribution is 2.22. The summed E-state index contributed by atoms with van der Waals surface area (Å²) in [5.74, 6) is 0.532. The molecule has 18 heavy (non-hydrogen) atoms. The Balaban J connectivity index is 1.89. The molecule has 0 saturated heterocycles. The molecule has 1 amide bonds. The van der Waals surface area contributed by atoms with Crippen molar-refractivity contribution in [2.45, 2.75) is 44.8 Å². The Labute approximate surface area is 115 Å². The molecule has 0 aromatic carbocycles. The largest absolute Gasteiger partial charge is 0.478 e. The minimum Gasteiger partial charge on any atom is -0.478 e. The number of carbonyl (C=O) groups excluding carboxylic acids is 1. The van der Waals surface area contributed by atoms with E-state index < -0.39 is 6.10 Å². The smallest absolute Gasteiger partial charge is 0.260 e. The van der Waals surface area contributed by atoms with Gasteiger partial charge < -0.3 is 10.1 Å². The SMILES string of the molecule is CC(Oc1cccnc1Br)C(=O)NC1CCCC1. The van der Waals surface area contributed by atoms with Crippen LogP contribution in [0.5, 0.6) is 5.75 Å². The van der Waals surface area contributed by atoms with Crippen LogP contribution in [0.15, 0.2) is 22.9 Å². The molecule has 5 heteroatoms. The molecule has 1 fully saturated rings. The van der Waals surface area contributed by atoms with E-state index in [1.807, 2.05) is 0 Å². The van der Waals surface area contributed by atoms with Gasteiger partial charge in [0.2, 0.25) is 0 Å². The summed E-state index contributed by atoms with van der Waals surface area (Å²) < 4.78 is 6.21. The predicted molar refractivity (Wildman–Crippen MR) is 72.4 cm³/mol. The molecule has 98 valence electrons. The topological polar surface area (TPSA) is 51.2 Å². The molecule has 1 saturated carbocycles. The number of rotatable bonds is 4. The molecule has 1 N–H and O–H groups in total. The van der Waals surface area contributed by atoms with E-state index in [2.05, 4.69) is 26.2 Å². The maximum absolute atomic E-state index is 11.9. The van der Waals surface area contributed by atoms with Crippen molar-refractivity contribution in [2.75, 3.05) is 0 Å². The van der Waals surface area contributed by atoms with Crippen LogP contribution in [0.4, 0.5) is 0 Å². The van der Waals surface area contributed by atoms with E-state index in [1.54, 1.807) is 25.3 Å². The molecule has 1 aliphatic rings. The van der Waals surface area contributed by atoms with E-state index in [-0.39, 0.29) is 5.91 Å². The maximum atomic E-state index is 11.9. The van der Waals surface area contributed by atoms with Crippen LogP contribution in [0.1, 0.15) is 32.6 Å². The Bertz CT molecular complexity index is 419. The van der Waals surface area contributed by atoms with Crippen LogP contribution in [0.2, 0.25) is 0 Å². The molecule has 0 aliphatic heterocycles. The van der Waals surface area contributed by atoms with Crippen LogP contribution < -0.4 is 10.1 Å². The summed E-state index contributed by atoms with van der Waals surface area (Å²) >= 11 is 3.29. The average molecular weight is 313 g/mol. The lowest BCUT2D eigenvalue weighted by Gasteiger charge is -2.18. The third kappa shape index (κ3) is 3.45. The first-order chi connectivity index (χ1) is 8.66. The Morgan fingerprint density at radius 2 is 2.28 bits per heavy atom. The van der Waals surface area contributed by atoms with E-state index in [0.717, 1.165) is 12.8 Å². The Hall–Kier alpha value is -1.10. The van der Waals surface area contributed by atoms with Gasteiger partial charge >= 0.3 is 0 Å². The van der Waals surface area contributed by atoms with E-state index in [4.69, 9.17) is 4.74 Å². The lowest BCUT2D eigenvalue weighted by atomic mass is 10.2. The molecular formula is C13H17BrN2O2. The first-order valence-corrected chi connectivity index (χ1v) is 7.03. The Kier molecular flexibility index (Phi) is 4.58. The summed E-state index contributed by atoms with van der Waals surface area (Å²) in [6, 6.07) is 3.89. The van der Waals surface area contributed by atoms with Crippen molar-refractivity contribution in [2.24, 2.45) is 0 Å². The van der Waals surface area contributed by atoms with Gasteiger partial charge in [-0.1, -0.05) is 12.8 Å². The molecular weight excluding hydrogens is 296 g/mol. The summed E-state index contributed by atoms with van der Waals surface area (Å²) in [6.07, 6.45) is 5.72. The van der Waals surface area contributed by atoms with E-state index in [9.17, 15) is 4.79 Å². The zero-order valence-electron chi connectivity index (χ0n) is 10.4. The van der Waals surface area contributed by atoms with Crippen molar-refractivity contribution < 1.29 is 9.53 Å². The maximum Gasteiger partial charge on any atom is 0.260 e. The minimum absolute atomic E-state index is 0.0577. The third-order valence-electron chi connectivity index (χ3n) is 3.10. The number of pyridine rings is 1. The first-order valence-electron chi connectivity index (χ1n) is 6.24. The molecule has 0 radical (unpaired) electrons. The van der Waals surface area contributed by atoms with Crippen molar-refractivity contribution in [3.05, 3.63) is 22.9 Å². The number of ether oxygens (including phenoxy) is 1. The van der Waals surface area contributed by atoms with E-state index >= 15 is 0 Å². The molecule has 2 rings (SSSR count).